The van der Waals surface area contributed by atoms with E-state index in [4.69, 9.17) is 28.3 Å². The Morgan fingerprint density at radius 2 is 1.86 bits per heavy atom. The molecule has 2 atom stereocenters. The number of carboxylic acids is 1. The van der Waals surface area contributed by atoms with Gasteiger partial charge in [0.1, 0.15) is 0 Å². The van der Waals surface area contributed by atoms with E-state index < -0.39 is 5.97 Å². The largest absolute Gasteiger partial charge is 0.476 e. The molecule has 0 radical (unpaired) electrons. The number of aromatic carboxylic acids is 1. The fourth-order valence-electron chi connectivity index (χ4n) is 1.30. The highest BCUT2D eigenvalue weighted by molar-refractivity contribution is 6.35. The number of carbonyl (C=O) groups is 1. The van der Waals surface area contributed by atoms with Gasteiger partial charge in [-0.2, -0.15) is 0 Å². The van der Waals surface area contributed by atoms with Crippen LogP contribution in [0.4, 0.5) is 0 Å². The van der Waals surface area contributed by atoms with E-state index in [2.05, 4.69) is 9.97 Å². The smallest absolute Gasteiger partial charge is 0.356 e. The lowest BCUT2D eigenvalue weighted by Crippen LogP contribution is -2.07. The van der Waals surface area contributed by atoms with Crippen molar-refractivity contribution in [3.05, 3.63) is 23.8 Å². The average Bonchev–Trinajstić information content (AvgIpc) is 2.75. The van der Waals surface area contributed by atoms with E-state index in [9.17, 15) is 4.79 Å². The van der Waals surface area contributed by atoms with Crippen molar-refractivity contribution < 1.29 is 9.90 Å². The van der Waals surface area contributed by atoms with Crippen LogP contribution >= 0.6 is 23.2 Å². The predicted octanol–water partition coefficient (Wildman–Crippen LogP) is 1.49. The van der Waals surface area contributed by atoms with Gasteiger partial charge in [0, 0.05) is 18.3 Å². The number of hydrogen-bond acceptors (Lipinski definition) is 3. The standard InChI is InChI=1S/C8H6Cl2N2O2/c9-4-3(5(4)10)6-7(8(13)14)12-2-1-11-6/h1-5H,(H,13,14). The van der Waals surface area contributed by atoms with Crippen molar-refractivity contribution in [3.63, 3.8) is 0 Å². The van der Waals surface area contributed by atoms with Crippen molar-refractivity contribution in [1.29, 1.82) is 0 Å². The number of aromatic nitrogens is 2. The molecule has 0 spiro atoms. The summed E-state index contributed by atoms with van der Waals surface area (Å²) in [4.78, 5) is 18.5. The van der Waals surface area contributed by atoms with Gasteiger partial charge in [-0.05, 0) is 0 Å². The van der Waals surface area contributed by atoms with Crippen LogP contribution in [-0.2, 0) is 0 Å². The fourth-order valence-corrected chi connectivity index (χ4v) is 2.07. The second-order valence-corrected chi connectivity index (χ2v) is 4.02. The third kappa shape index (κ3) is 1.44. The first-order valence-corrected chi connectivity index (χ1v) is 4.82. The van der Waals surface area contributed by atoms with Gasteiger partial charge in [0.2, 0.25) is 0 Å². The lowest BCUT2D eigenvalue weighted by Gasteiger charge is -2.00. The lowest BCUT2D eigenvalue weighted by atomic mass is 10.2. The highest BCUT2D eigenvalue weighted by Gasteiger charge is 2.51. The minimum Gasteiger partial charge on any atom is -0.476 e. The van der Waals surface area contributed by atoms with E-state index in [1.54, 1.807) is 0 Å². The maximum atomic E-state index is 10.8. The van der Waals surface area contributed by atoms with Gasteiger partial charge < -0.3 is 5.11 Å². The molecule has 0 amide bonds. The zero-order valence-electron chi connectivity index (χ0n) is 6.89. The molecule has 1 heterocycles. The van der Waals surface area contributed by atoms with Gasteiger partial charge in [0.15, 0.2) is 5.69 Å². The molecule has 1 aromatic heterocycles. The van der Waals surface area contributed by atoms with Gasteiger partial charge in [-0.15, -0.1) is 23.2 Å². The number of hydrogen-bond donors (Lipinski definition) is 1. The summed E-state index contributed by atoms with van der Waals surface area (Å²) in [5.74, 6) is -1.30. The first kappa shape index (κ1) is 9.68. The highest BCUT2D eigenvalue weighted by atomic mass is 35.5. The normalized spacial score (nSPS) is 30.0. The Labute approximate surface area is 89.9 Å². The zero-order chi connectivity index (χ0) is 10.3. The van der Waals surface area contributed by atoms with E-state index in [1.807, 2.05) is 0 Å². The van der Waals surface area contributed by atoms with Crippen LogP contribution in [0.1, 0.15) is 22.1 Å². The topological polar surface area (TPSA) is 63.1 Å². The summed E-state index contributed by atoms with van der Waals surface area (Å²) in [6.45, 7) is 0. The van der Waals surface area contributed by atoms with E-state index in [1.165, 1.54) is 12.4 Å². The molecule has 1 fully saturated rings. The van der Waals surface area contributed by atoms with Gasteiger partial charge in [-0.3, -0.25) is 4.98 Å². The minimum atomic E-state index is -1.10. The first-order chi connectivity index (χ1) is 6.63. The quantitative estimate of drug-likeness (QED) is 0.786. The molecule has 1 aliphatic rings. The molecule has 1 aromatic rings. The molecule has 0 saturated heterocycles. The molecular weight excluding hydrogens is 227 g/mol. The zero-order valence-corrected chi connectivity index (χ0v) is 8.40. The summed E-state index contributed by atoms with van der Waals surface area (Å²) in [5, 5.41) is 8.34. The van der Waals surface area contributed by atoms with E-state index in [0.29, 0.717) is 5.69 Å². The molecule has 0 bridgehead atoms. The number of nitrogens with zero attached hydrogens (tertiary/aromatic N) is 2. The van der Waals surface area contributed by atoms with Crippen LogP contribution in [-0.4, -0.2) is 31.8 Å². The van der Waals surface area contributed by atoms with Crippen molar-refractivity contribution in [2.75, 3.05) is 0 Å². The van der Waals surface area contributed by atoms with Crippen LogP contribution in [0, 0.1) is 0 Å². The van der Waals surface area contributed by atoms with E-state index >= 15 is 0 Å². The van der Waals surface area contributed by atoms with E-state index in [-0.39, 0.29) is 22.4 Å². The van der Waals surface area contributed by atoms with Gasteiger partial charge >= 0.3 is 5.97 Å². The minimum absolute atomic E-state index is 0.0636. The Hall–Kier alpha value is -0.870. The summed E-state index contributed by atoms with van der Waals surface area (Å²) in [7, 11) is 0. The molecule has 0 aromatic carbocycles. The molecule has 1 saturated carbocycles. The Morgan fingerprint density at radius 1 is 1.29 bits per heavy atom. The molecule has 1 N–H and O–H groups in total. The Morgan fingerprint density at radius 3 is 2.36 bits per heavy atom. The number of halogens is 2. The van der Waals surface area contributed by atoms with Crippen molar-refractivity contribution in [1.82, 2.24) is 9.97 Å². The van der Waals surface area contributed by atoms with Crippen molar-refractivity contribution in [2.24, 2.45) is 0 Å². The van der Waals surface area contributed by atoms with Gasteiger partial charge in [-0.25, -0.2) is 9.78 Å². The van der Waals surface area contributed by atoms with Crippen LogP contribution < -0.4 is 0 Å². The van der Waals surface area contributed by atoms with Crippen LogP contribution in [0.25, 0.3) is 0 Å². The lowest BCUT2D eigenvalue weighted by molar-refractivity contribution is 0.0688. The van der Waals surface area contributed by atoms with Crippen LogP contribution in [0.5, 0.6) is 0 Å². The Balaban J connectivity index is 2.38. The highest BCUT2D eigenvalue weighted by Crippen LogP contribution is 2.49. The summed E-state index contributed by atoms with van der Waals surface area (Å²) in [6, 6.07) is 0. The molecule has 6 heteroatoms. The predicted molar refractivity (Wildman–Crippen MR) is 51.0 cm³/mol. The second-order valence-electron chi connectivity index (χ2n) is 3.01. The molecule has 74 valence electrons. The SMILES string of the molecule is O=C(O)c1nccnc1C1C(Cl)C1Cl. The molecule has 2 unspecified atom stereocenters. The van der Waals surface area contributed by atoms with Crippen molar-refractivity contribution in [3.8, 4) is 0 Å². The van der Waals surface area contributed by atoms with Crippen molar-refractivity contribution in [2.45, 2.75) is 16.7 Å². The van der Waals surface area contributed by atoms with E-state index in [0.717, 1.165) is 0 Å². The summed E-state index contributed by atoms with van der Waals surface area (Å²) < 4.78 is 0. The van der Waals surface area contributed by atoms with Crippen LogP contribution in [0.3, 0.4) is 0 Å². The van der Waals surface area contributed by atoms with Gasteiger partial charge in [0.05, 0.1) is 16.4 Å². The summed E-state index contributed by atoms with van der Waals surface area (Å²) >= 11 is 11.6. The number of carboxylic acid groups (broad SMARTS) is 1. The average molecular weight is 233 g/mol. The van der Waals surface area contributed by atoms with Crippen molar-refractivity contribution >= 4 is 29.2 Å². The summed E-state index contributed by atoms with van der Waals surface area (Å²) in [5.41, 5.74) is 0.311. The first-order valence-electron chi connectivity index (χ1n) is 3.95. The molecular formula is C8H6Cl2N2O2. The Kier molecular flexibility index (Phi) is 2.33. The number of rotatable bonds is 2. The third-order valence-corrected chi connectivity index (χ3v) is 3.31. The molecule has 0 aliphatic heterocycles. The maximum absolute atomic E-state index is 10.8. The Bertz CT molecular complexity index is 377. The molecule has 4 nitrogen and oxygen atoms in total. The van der Waals surface area contributed by atoms with Gasteiger partial charge in [-0.1, -0.05) is 0 Å². The molecule has 1 aliphatic carbocycles. The van der Waals surface area contributed by atoms with Crippen LogP contribution in [0.15, 0.2) is 12.4 Å². The van der Waals surface area contributed by atoms with Gasteiger partial charge in [0.25, 0.3) is 0 Å². The maximum Gasteiger partial charge on any atom is 0.356 e. The molecule has 2 rings (SSSR count). The third-order valence-electron chi connectivity index (χ3n) is 2.09. The monoisotopic (exact) mass is 232 g/mol. The van der Waals surface area contributed by atoms with Crippen LogP contribution in [0.2, 0.25) is 0 Å². The second kappa shape index (κ2) is 3.37. The fraction of sp³-hybridized carbons (Fsp3) is 0.375. The summed E-state index contributed by atoms with van der Waals surface area (Å²) in [6.07, 6.45) is 2.77. The number of alkyl halides is 2. The molecule has 14 heavy (non-hydrogen) atoms.